The van der Waals surface area contributed by atoms with E-state index in [4.69, 9.17) is 0 Å². The number of benzene rings is 1. The minimum atomic E-state index is -0.0151. The zero-order valence-corrected chi connectivity index (χ0v) is 15.8. The Hall–Kier alpha value is -2.36. The number of aromatic nitrogens is 1. The molecule has 0 N–H and O–H groups in total. The summed E-state index contributed by atoms with van der Waals surface area (Å²) in [6, 6.07) is 14.6. The lowest BCUT2D eigenvalue weighted by Crippen LogP contribution is -2.31. The molecule has 4 nitrogen and oxygen atoms in total. The van der Waals surface area contributed by atoms with Crippen LogP contribution in [0.2, 0.25) is 0 Å². The van der Waals surface area contributed by atoms with Gasteiger partial charge in [-0.05, 0) is 38.0 Å². The molecule has 0 radical (unpaired) electrons. The van der Waals surface area contributed by atoms with E-state index in [-0.39, 0.29) is 5.91 Å². The highest BCUT2D eigenvalue weighted by Crippen LogP contribution is 2.21. The molecule has 0 fully saturated rings. The van der Waals surface area contributed by atoms with E-state index in [2.05, 4.69) is 54.9 Å². The number of unbranched alkanes of at least 4 members (excludes halogenated alkanes) is 1. The zero-order valence-electron chi connectivity index (χ0n) is 15.8. The molecule has 0 unspecified atom stereocenters. The fourth-order valence-electron chi connectivity index (χ4n) is 2.76. The van der Waals surface area contributed by atoms with Gasteiger partial charge in [0.15, 0.2) is 0 Å². The van der Waals surface area contributed by atoms with E-state index in [9.17, 15) is 4.79 Å². The average molecular weight is 339 g/mol. The van der Waals surface area contributed by atoms with E-state index in [1.54, 1.807) is 11.1 Å². The zero-order chi connectivity index (χ0) is 18.2. The third-order valence-corrected chi connectivity index (χ3v) is 4.31. The van der Waals surface area contributed by atoms with Crippen LogP contribution in [0.1, 0.15) is 49.7 Å². The van der Waals surface area contributed by atoms with Crippen molar-refractivity contribution in [2.45, 2.75) is 46.2 Å². The molecule has 0 aliphatic heterocycles. The Morgan fingerprint density at radius 1 is 1.16 bits per heavy atom. The fourth-order valence-corrected chi connectivity index (χ4v) is 2.76. The van der Waals surface area contributed by atoms with Crippen molar-refractivity contribution in [3.05, 3.63) is 59.9 Å². The van der Waals surface area contributed by atoms with Crippen LogP contribution in [-0.4, -0.2) is 35.4 Å². The second-order valence-electron chi connectivity index (χ2n) is 6.69. The van der Waals surface area contributed by atoms with E-state index in [0.717, 1.165) is 31.6 Å². The monoisotopic (exact) mass is 339 g/mol. The molecular formula is C21H29N3O. The van der Waals surface area contributed by atoms with Gasteiger partial charge >= 0.3 is 0 Å². The second-order valence-corrected chi connectivity index (χ2v) is 6.69. The van der Waals surface area contributed by atoms with E-state index in [0.29, 0.717) is 11.7 Å². The van der Waals surface area contributed by atoms with Crippen LogP contribution >= 0.6 is 0 Å². The molecule has 0 spiro atoms. The minimum Gasteiger partial charge on any atom is -0.365 e. The predicted molar refractivity (Wildman–Crippen MR) is 104 cm³/mol. The maximum Gasteiger partial charge on any atom is 0.272 e. The Morgan fingerprint density at radius 3 is 2.52 bits per heavy atom. The van der Waals surface area contributed by atoms with Gasteiger partial charge in [0.2, 0.25) is 0 Å². The highest BCUT2D eigenvalue weighted by Gasteiger charge is 2.17. The molecule has 0 aliphatic rings. The molecule has 4 heteroatoms. The van der Waals surface area contributed by atoms with Gasteiger partial charge in [-0.2, -0.15) is 0 Å². The smallest absolute Gasteiger partial charge is 0.272 e. The number of carbonyl (C=O) groups excluding carboxylic acids is 1. The van der Waals surface area contributed by atoms with Gasteiger partial charge in [0, 0.05) is 38.1 Å². The molecule has 1 aromatic carbocycles. The first-order valence-electron chi connectivity index (χ1n) is 9.05. The van der Waals surface area contributed by atoms with E-state index in [1.807, 2.05) is 25.2 Å². The SMILES string of the molecule is CCCCN(C)C(=O)c1cc(N(Cc2ccccc2)C(C)C)ccn1. The van der Waals surface area contributed by atoms with Crippen LogP contribution in [0.5, 0.6) is 0 Å². The van der Waals surface area contributed by atoms with Crippen molar-refractivity contribution >= 4 is 11.6 Å². The van der Waals surface area contributed by atoms with Crippen LogP contribution in [0, 0.1) is 0 Å². The van der Waals surface area contributed by atoms with Gasteiger partial charge in [0.05, 0.1) is 0 Å². The second kappa shape index (κ2) is 9.21. The van der Waals surface area contributed by atoms with Crippen molar-refractivity contribution in [3.8, 4) is 0 Å². The van der Waals surface area contributed by atoms with Gasteiger partial charge < -0.3 is 9.80 Å². The Labute approximate surface area is 151 Å². The number of hydrogen-bond donors (Lipinski definition) is 0. The lowest BCUT2D eigenvalue weighted by molar-refractivity contribution is 0.0787. The van der Waals surface area contributed by atoms with Crippen molar-refractivity contribution in [2.24, 2.45) is 0 Å². The largest absolute Gasteiger partial charge is 0.365 e. The summed E-state index contributed by atoms with van der Waals surface area (Å²) >= 11 is 0. The van der Waals surface area contributed by atoms with Gasteiger partial charge in [-0.15, -0.1) is 0 Å². The Kier molecular flexibility index (Phi) is 6.99. The maximum atomic E-state index is 12.6. The summed E-state index contributed by atoms with van der Waals surface area (Å²) in [7, 11) is 1.84. The van der Waals surface area contributed by atoms with Gasteiger partial charge in [0.25, 0.3) is 5.91 Å². The molecule has 2 rings (SSSR count). The Morgan fingerprint density at radius 2 is 1.88 bits per heavy atom. The normalized spacial score (nSPS) is 10.8. The summed E-state index contributed by atoms with van der Waals surface area (Å²) in [6.07, 6.45) is 3.81. The first kappa shape index (κ1) is 19.0. The third kappa shape index (κ3) is 5.31. The summed E-state index contributed by atoms with van der Waals surface area (Å²) in [5.74, 6) is -0.0151. The van der Waals surface area contributed by atoms with Crippen molar-refractivity contribution in [1.82, 2.24) is 9.88 Å². The number of hydrogen-bond acceptors (Lipinski definition) is 3. The van der Waals surface area contributed by atoms with Crippen molar-refractivity contribution in [2.75, 3.05) is 18.5 Å². The molecule has 25 heavy (non-hydrogen) atoms. The van der Waals surface area contributed by atoms with Crippen LogP contribution in [0.3, 0.4) is 0 Å². The number of anilines is 1. The molecule has 1 aromatic heterocycles. The third-order valence-electron chi connectivity index (χ3n) is 4.31. The number of amides is 1. The molecule has 1 amide bonds. The Balaban J connectivity index is 2.20. The maximum absolute atomic E-state index is 12.6. The number of nitrogens with zero attached hydrogens (tertiary/aromatic N) is 3. The van der Waals surface area contributed by atoms with Crippen LogP contribution < -0.4 is 4.90 Å². The van der Waals surface area contributed by atoms with Crippen LogP contribution in [0.15, 0.2) is 48.7 Å². The number of pyridine rings is 1. The minimum absolute atomic E-state index is 0.0151. The first-order chi connectivity index (χ1) is 12.0. The molecule has 1 heterocycles. The molecule has 0 saturated heterocycles. The summed E-state index contributed by atoms with van der Waals surface area (Å²) in [4.78, 5) is 20.9. The number of carbonyl (C=O) groups is 1. The standard InChI is InChI=1S/C21H29N3O/c1-5-6-14-23(4)21(25)20-15-19(12-13-22-20)24(17(2)3)16-18-10-8-7-9-11-18/h7-13,15,17H,5-6,14,16H2,1-4H3. The van der Waals surface area contributed by atoms with E-state index >= 15 is 0 Å². The molecule has 0 aliphatic carbocycles. The topological polar surface area (TPSA) is 36.4 Å². The summed E-state index contributed by atoms with van der Waals surface area (Å²) in [5.41, 5.74) is 2.79. The fraction of sp³-hybridized carbons (Fsp3) is 0.429. The van der Waals surface area contributed by atoms with E-state index in [1.165, 1.54) is 5.56 Å². The molecule has 2 aromatic rings. The molecule has 134 valence electrons. The van der Waals surface area contributed by atoms with Crippen LogP contribution in [0.4, 0.5) is 5.69 Å². The van der Waals surface area contributed by atoms with Crippen LogP contribution in [0.25, 0.3) is 0 Å². The van der Waals surface area contributed by atoms with Gasteiger partial charge in [-0.3, -0.25) is 9.78 Å². The van der Waals surface area contributed by atoms with Crippen molar-refractivity contribution in [3.63, 3.8) is 0 Å². The van der Waals surface area contributed by atoms with Crippen molar-refractivity contribution < 1.29 is 4.79 Å². The molecule has 0 atom stereocenters. The summed E-state index contributed by atoms with van der Waals surface area (Å²) in [6.45, 7) is 8.03. The summed E-state index contributed by atoms with van der Waals surface area (Å²) in [5, 5.41) is 0. The van der Waals surface area contributed by atoms with Gasteiger partial charge in [0.1, 0.15) is 5.69 Å². The molecule has 0 saturated carbocycles. The molecular weight excluding hydrogens is 310 g/mol. The van der Waals surface area contributed by atoms with Gasteiger partial charge in [-0.1, -0.05) is 43.7 Å². The number of rotatable bonds is 8. The van der Waals surface area contributed by atoms with E-state index < -0.39 is 0 Å². The molecule has 0 bridgehead atoms. The van der Waals surface area contributed by atoms with Crippen LogP contribution in [-0.2, 0) is 6.54 Å². The summed E-state index contributed by atoms with van der Waals surface area (Å²) < 4.78 is 0. The quantitative estimate of drug-likeness (QED) is 0.716. The lowest BCUT2D eigenvalue weighted by Gasteiger charge is -2.29. The lowest BCUT2D eigenvalue weighted by atomic mass is 10.1. The highest BCUT2D eigenvalue weighted by molar-refractivity contribution is 5.93. The average Bonchev–Trinajstić information content (AvgIpc) is 2.64. The highest BCUT2D eigenvalue weighted by atomic mass is 16.2. The predicted octanol–water partition coefficient (Wildman–Crippen LogP) is 4.37. The first-order valence-corrected chi connectivity index (χ1v) is 9.05. The van der Waals surface area contributed by atoms with Crippen molar-refractivity contribution in [1.29, 1.82) is 0 Å². The van der Waals surface area contributed by atoms with Gasteiger partial charge in [-0.25, -0.2) is 0 Å². The Bertz CT molecular complexity index is 670.